The maximum atomic E-state index is 3.57. The number of rotatable bonds is 4. The molecule has 1 aromatic heterocycles. The molecule has 2 heteroatoms. The van der Waals surface area contributed by atoms with Crippen LogP contribution in [0, 0.1) is 0 Å². The summed E-state index contributed by atoms with van der Waals surface area (Å²) in [5.74, 6) is 0. The Morgan fingerprint density at radius 3 is 2.32 bits per heavy atom. The molecule has 0 spiro atoms. The van der Waals surface area contributed by atoms with Gasteiger partial charge in [-0.3, -0.25) is 0 Å². The van der Waals surface area contributed by atoms with Crippen molar-refractivity contribution >= 4 is 11.3 Å². The van der Waals surface area contributed by atoms with E-state index in [0.29, 0.717) is 6.04 Å². The van der Waals surface area contributed by atoms with Gasteiger partial charge in [0.2, 0.25) is 0 Å². The van der Waals surface area contributed by atoms with Crippen molar-refractivity contribution < 1.29 is 0 Å². The van der Waals surface area contributed by atoms with Gasteiger partial charge in [-0.05, 0) is 45.9 Å². The van der Waals surface area contributed by atoms with Crippen LogP contribution in [0.25, 0.3) is 0 Å². The fourth-order valence-electron chi connectivity index (χ4n) is 2.03. The summed E-state index contributed by atoms with van der Waals surface area (Å²) in [6.45, 7) is 9.88. The molecule has 1 aromatic carbocycles. The molecule has 1 unspecified atom stereocenters. The molecule has 19 heavy (non-hydrogen) atoms. The zero-order chi connectivity index (χ0) is 13.9. The molecule has 1 heterocycles. The van der Waals surface area contributed by atoms with Crippen LogP contribution in [-0.4, -0.2) is 0 Å². The normalized spacial score (nSPS) is 13.5. The molecule has 2 rings (SSSR count). The summed E-state index contributed by atoms with van der Waals surface area (Å²) in [5.41, 5.74) is 4.34. The second-order valence-corrected chi connectivity index (χ2v) is 6.89. The second-order valence-electron chi connectivity index (χ2n) is 6.11. The molecule has 102 valence electrons. The Morgan fingerprint density at radius 2 is 1.79 bits per heavy atom. The maximum absolute atomic E-state index is 3.57. The van der Waals surface area contributed by atoms with Gasteiger partial charge in [0.05, 0.1) is 0 Å². The Hall–Kier alpha value is -1.12. The molecule has 0 radical (unpaired) electrons. The molecule has 0 bridgehead atoms. The third kappa shape index (κ3) is 3.92. The van der Waals surface area contributed by atoms with Crippen LogP contribution in [0.4, 0.5) is 0 Å². The quantitative estimate of drug-likeness (QED) is 0.835. The van der Waals surface area contributed by atoms with E-state index in [1.807, 2.05) is 0 Å². The van der Waals surface area contributed by atoms with E-state index in [1.165, 1.54) is 16.7 Å². The summed E-state index contributed by atoms with van der Waals surface area (Å²) < 4.78 is 0. The van der Waals surface area contributed by atoms with Crippen molar-refractivity contribution in [2.75, 3.05) is 0 Å². The van der Waals surface area contributed by atoms with Crippen molar-refractivity contribution in [3.05, 3.63) is 57.8 Å². The van der Waals surface area contributed by atoms with Crippen molar-refractivity contribution in [3.8, 4) is 0 Å². The van der Waals surface area contributed by atoms with Gasteiger partial charge in [-0.25, -0.2) is 0 Å². The zero-order valence-electron chi connectivity index (χ0n) is 12.2. The lowest BCUT2D eigenvalue weighted by atomic mass is 9.87. The van der Waals surface area contributed by atoms with Crippen LogP contribution in [0.1, 0.15) is 50.4 Å². The smallest absolute Gasteiger partial charge is 0.0303 e. The topological polar surface area (TPSA) is 12.0 Å². The number of benzene rings is 1. The standard InChI is InChI=1S/C17H23NS/c1-13(15-9-10-19-12-15)18-11-14-5-7-16(8-6-14)17(2,3)4/h5-10,12-13,18H,11H2,1-4H3. The lowest BCUT2D eigenvalue weighted by Crippen LogP contribution is -2.18. The third-order valence-electron chi connectivity index (χ3n) is 3.48. The summed E-state index contributed by atoms with van der Waals surface area (Å²) in [7, 11) is 0. The third-order valence-corrected chi connectivity index (χ3v) is 4.18. The number of hydrogen-bond donors (Lipinski definition) is 1. The van der Waals surface area contributed by atoms with Gasteiger partial charge in [-0.15, -0.1) is 0 Å². The fraction of sp³-hybridized carbons (Fsp3) is 0.412. The molecule has 1 atom stereocenters. The molecule has 0 aliphatic rings. The van der Waals surface area contributed by atoms with Crippen molar-refractivity contribution in [1.29, 1.82) is 0 Å². The first-order valence-corrected chi connectivity index (χ1v) is 7.76. The minimum absolute atomic E-state index is 0.232. The predicted octanol–water partition coefficient (Wildman–Crippen LogP) is 4.90. The van der Waals surface area contributed by atoms with Crippen LogP contribution in [0.3, 0.4) is 0 Å². The van der Waals surface area contributed by atoms with Crippen molar-refractivity contribution in [1.82, 2.24) is 5.32 Å². The highest BCUT2D eigenvalue weighted by atomic mass is 32.1. The largest absolute Gasteiger partial charge is 0.306 e. The van der Waals surface area contributed by atoms with Crippen LogP contribution < -0.4 is 5.32 Å². The Balaban J connectivity index is 1.93. The van der Waals surface area contributed by atoms with Gasteiger partial charge in [-0.1, -0.05) is 45.0 Å². The summed E-state index contributed by atoms with van der Waals surface area (Å²) >= 11 is 1.75. The van der Waals surface area contributed by atoms with Crippen molar-refractivity contribution in [2.45, 2.75) is 45.7 Å². The average Bonchev–Trinajstić information content (AvgIpc) is 2.89. The monoisotopic (exact) mass is 273 g/mol. The first kappa shape index (κ1) is 14.3. The second kappa shape index (κ2) is 5.89. The minimum atomic E-state index is 0.232. The molecule has 0 saturated heterocycles. The lowest BCUT2D eigenvalue weighted by molar-refractivity contribution is 0.573. The molecule has 1 N–H and O–H groups in total. The van der Waals surface area contributed by atoms with E-state index in [4.69, 9.17) is 0 Å². The molecular weight excluding hydrogens is 250 g/mol. The highest BCUT2D eigenvalue weighted by Gasteiger charge is 2.12. The molecule has 2 aromatic rings. The van der Waals surface area contributed by atoms with Crippen LogP contribution in [-0.2, 0) is 12.0 Å². The summed E-state index contributed by atoms with van der Waals surface area (Å²) in [6.07, 6.45) is 0. The van der Waals surface area contributed by atoms with Crippen molar-refractivity contribution in [2.24, 2.45) is 0 Å². The number of nitrogens with one attached hydrogen (secondary N) is 1. The highest BCUT2D eigenvalue weighted by Crippen LogP contribution is 2.22. The van der Waals surface area contributed by atoms with E-state index in [9.17, 15) is 0 Å². The van der Waals surface area contributed by atoms with Crippen LogP contribution >= 0.6 is 11.3 Å². The van der Waals surface area contributed by atoms with E-state index in [1.54, 1.807) is 11.3 Å². The van der Waals surface area contributed by atoms with Gasteiger partial charge in [0.25, 0.3) is 0 Å². The van der Waals surface area contributed by atoms with E-state index in [0.717, 1.165) is 6.54 Å². The number of thiophene rings is 1. The van der Waals surface area contributed by atoms with Crippen LogP contribution in [0.15, 0.2) is 41.1 Å². The maximum Gasteiger partial charge on any atom is 0.0303 e. The zero-order valence-corrected chi connectivity index (χ0v) is 13.1. The molecule has 0 aliphatic heterocycles. The molecule has 0 aliphatic carbocycles. The van der Waals surface area contributed by atoms with Crippen LogP contribution in [0.2, 0.25) is 0 Å². The fourth-order valence-corrected chi connectivity index (χ4v) is 2.79. The predicted molar refractivity (Wildman–Crippen MR) is 84.7 cm³/mol. The summed E-state index contributed by atoms with van der Waals surface area (Å²) in [6, 6.07) is 11.5. The molecule has 0 amide bonds. The first-order chi connectivity index (χ1) is 8.97. The molecule has 0 saturated carbocycles. The molecule has 1 nitrogen and oxygen atoms in total. The molecule has 0 fully saturated rings. The Bertz CT molecular complexity index is 491. The van der Waals surface area contributed by atoms with Gasteiger partial charge in [0.1, 0.15) is 0 Å². The van der Waals surface area contributed by atoms with Crippen molar-refractivity contribution in [3.63, 3.8) is 0 Å². The lowest BCUT2D eigenvalue weighted by Gasteiger charge is -2.19. The molecular formula is C17H23NS. The highest BCUT2D eigenvalue weighted by molar-refractivity contribution is 7.07. The first-order valence-electron chi connectivity index (χ1n) is 6.82. The summed E-state index contributed by atoms with van der Waals surface area (Å²) in [4.78, 5) is 0. The Kier molecular flexibility index (Phi) is 4.43. The van der Waals surface area contributed by atoms with Gasteiger partial charge >= 0.3 is 0 Å². The van der Waals surface area contributed by atoms with E-state index >= 15 is 0 Å². The summed E-state index contributed by atoms with van der Waals surface area (Å²) in [5, 5.41) is 7.91. The van der Waals surface area contributed by atoms with Crippen LogP contribution in [0.5, 0.6) is 0 Å². The van der Waals surface area contributed by atoms with E-state index < -0.39 is 0 Å². The van der Waals surface area contributed by atoms with Gasteiger partial charge < -0.3 is 5.32 Å². The van der Waals surface area contributed by atoms with Gasteiger partial charge in [-0.2, -0.15) is 11.3 Å². The SMILES string of the molecule is CC(NCc1ccc(C(C)(C)C)cc1)c1ccsc1. The number of hydrogen-bond acceptors (Lipinski definition) is 2. The average molecular weight is 273 g/mol. The van der Waals surface area contributed by atoms with Gasteiger partial charge in [0, 0.05) is 12.6 Å². The Morgan fingerprint density at radius 1 is 1.11 bits per heavy atom. The van der Waals surface area contributed by atoms with E-state index in [-0.39, 0.29) is 5.41 Å². The minimum Gasteiger partial charge on any atom is -0.306 e. The van der Waals surface area contributed by atoms with E-state index in [2.05, 4.69) is 74.1 Å². The van der Waals surface area contributed by atoms with Gasteiger partial charge in [0.15, 0.2) is 0 Å². The Labute approximate surface area is 120 Å².